The van der Waals surface area contributed by atoms with Crippen LogP contribution in [0, 0.1) is 11.6 Å². The van der Waals surface area contributed by atoms with Crippen molar-refractivity contribution >= 4 is 35.1 Å². The number of nitrogens with zero attached hydrogens (tertiary/aromatic N) is 1. The second kappa shape index (κ2) is 9.00. The van der Waals surface area contributed by atoms with E-state index in [1.54, 1.807) is 18.7 Å². The van der Waals surface area contributed by atoms with E-state index < -0.39 is 22.8 Å². The molecule has 0 radical (unpaired) electrons. The predicted octanol–water partition coefficient (Wildman–Crippen LogP) is 3.42. The lowest BCUT2D eigenvalue weighted by Crippen LogP contribution is -2.23. The number of rotatable bonds is 7. The summed E-state index contributed by atoms with van der Waals surface area (Å²) in [5, 5.41) is 2.25. The third-order valence-electron chi connectivity index (χ3n) is 3.07. The summed E-state index contributed by atoms with van der Waals surface area (Å²) in [4.78, 5) is 30.8. The van der Waals surface area contributed by atoms with Gasteiger partial charge >= 0.3 is 0 Å². The fourth-order valence-electron chi connectivity index (χ4n) is 1.86. The van der Waals surface area contributed by atoms with Crippen molar-refractivity contribution in [1.82, 2.24) is 9.97 Å². The second-order valence-electron chi connectivity index (χ2n) is 5.06. The number of hydrogen-bond acceptors (Lipinski definition) is 5. The molecule has 0 spiro atoms. The Labute approximate surface area is 152 Å². The highest BCUT2D eigenvalue weighted by molar-refractivity contribution is 8.00. The summed E-state index contributed by atoms with van der Waals surface area (Å²) in [6, 6.07) is 4.55. The lowest BCUT2D eigenvalue weighted by Gasteiger charge is -2.12. The molecule has 0 bridgehead atoms. The third kappa shape index (κ3) is 5.86. The minimum atomic E-state index is -1.04. The van der Waals surface area contributed by atoms with E-state index in [0.29, 0.717) is 16.6 Å². The van der Waals surface area contributed by atoms with Gasteiger partial charge in [-0.2, -0.15) is 11.8 Å². The van der Waals surface area contributed by atoms with Crippen LogP contribution in [-0.2, 0) is 10.5 Å². The first-order chi connectivity index (χ1) is 11.9. The third-order valence-corrected chi connectivity index (χ3v) is 4.96. The van der Waals surface area contributed by atoms with Crippen LogP contribution in [0.4, 0.5) is 14.5 Å². The molecule has 0 saturated heterocycles. The number of anilines is 1. The van der Waals surface area contributed by atoms with E-state index in [9.17, 15) is 18.4 Å². The lowest BCUT2D eigenvalue weighted by molar-refractivity contribution is -0.115. The van der Waals surface area contributed by atoms with E-state index in [4.69, 9.17) is 0 Å². The molecule has 2 rings (SSSR count). The number of hydrogen-bond donors (Lipinski definition) is 2. The smallest absolute Gasteiger partial charge is 0.251 e. The monoisotopic (exact) mass is 385 g/mol. The minimum absolute atomic E-state index is 0.158. The summed E-state index contributed by atoms with van der Waals surface area (Å²) in [7, 11) is 0. The molecular weight excluding hydrogens is 368 g/mol. The number of aromatic nitrogens is 2. The van der Waals surface area contributed by atoms with Gasteiger partial charge < -0.3 is 10.3 Å². The van der Waals surface area contributed by atoms with Crippen molar-refractivity contribution in [2.75, 3.05) is 11.1 Å². The topological polar surface area (TPSA) is 74.8 Å². The van der Waals surface area contributed by atoms with Crippen molar-refractivity contribution in [3.8, 4) is 0 Å². The number of H-pyrrole nitrogens is 1. The molecule has 0 fully saturated rings. The van der Waals surface area contributed by atoms with Gasteiger partial charge in [0.2, 0.25) is 5.91 Å². The maximum atomic E-state index is 13.2. The fourth-order valence-corrected chi connectivity index (χ4v) is 3.25. The molecule has 0 aliphatic heterocycles. The molecular formula is C16H17F2N3O2S2. The fraction of sp³-hybridized carbons (Fsp3) is 0.312. The van der Waals surface area contributed by atoms with Crippen LogP contribution in [0.2, 0.25) is 0 Å². The van der Waals surface area contributed by atoms with Gasteiger partial charge in [0.05, 0.1) is 10.9 Å². The molecule has 9 heteroatoms. The first-order valence-corrected chi connectivity index (χ1v) is 9.53. The summed E-state index contributed by atoms with van der Waals surface area (Å²) < 4.78 is 26.1. The van der Waals surface area contributed by atoms with Gasteiger partial charge in [-0.1, -0.05) is 18.7 Å². The number of amides is 1. The summed E-state index contributed by atoms with van der Waals surface area (Å²) in [6.07, 6.45) is 0. The van der Waals surface area contributed by atoms with E-state index in [2.05, 4.69) is 15.3 Å². The molecule has 0 saturated carbocycles. The van der Waals surface area contributed by atoms with Gasteiger partial charge in [0.1, 0.15) is 0 Å². The zero-order valence-electron chi connectivity index (χ0n) is 13.6. The molecule has 1 amide bonds. The van der Waals surface area contributed by atoms with E-state index >= 15 is 0 Å². The van der Waals surface area contributed by atoms with Gasteiger partial charge in [0.15, 0.2) is 16.8 Å². The quantitative estimate of drug-likeness (QED) is 0.564. The van der Waals surface area contributed by atoms with Crippen LogP contribution < -0.4 is 10.9 Å². The molecule has 5 nitrogen and oxygen atoms in total. The van der Waals surface area contributed by atoms with E-state index in [-0.39, 0.29) is 11.2 Å². The Kier molecular flexibility index (Phi) is 7.01. The number of nitrogens with one attached hydrogen (secondary N) is 2. The Hall–Kier alpha value is -1.87. The number of halogens is 2. The molecule has 1 unspecified atom stereocenters. The molecule has 1 heterocycles. The predicted molar refractivity (Wildman–Crippen MR) is 97.0 cm³/mol. The van der Waals surface area contributed by atoms with E-state index in [1.807, 2.05) is 6.92 Å². The zero-order valence-corrected chi connectivity index (χ0v) is 15.3. The standard InChI is InChI=1S/C16H17F2N3O2S2/c1-3-24-8-11-7-14(22)21-16(20-11)25-9(2)15(23)19-10-4-5-12(17)13(18)6-10/h4-7,9H,3,8H2,1-2H3,(H,19,23)(H,20,21,22). The van der Waals surface area contributed by atoms with E-state index in [1.165, 1.54) is 12.1 Å². The van der Waals surface area contributed by atoms with Gasteiger partial charge in [-0.3, -0.25) is 9.59 Å². The maximum Gasteiger partial charge on any atom is 0.251 e. The zero-order chi connectivity index (χ0) is 18.4. The second-order valence-corrected chi connectivity index (χ2v) is 7.66. The van der Waals surface area contributed by atoms with Crippen molar-refractivity contribution in [3.05, 3.63) is 51.9 Å². The molecule has 134 valence electrons. The number of aromatic amines is 1. The highest BCUT2D eigenvalue weighted by Gasteiger charge is 2.17. The molecule has 1 aromatic heterocycles. The van der Waals surface area contributed by atoms with Crippen molar-refractivity contribution in [1.29, 1.82) is 0 Å². The first kappa shape index (κ1) is 19.5. The number of benzene rings is 1. The Balaban J connectivity index is 2.04. The van der Waals surface area contributed by atoms with Gasteiger partial charge in [-0.15, -0.1) is 0 Å². The number of thioether (sulfide) groups is 2. The minimum Gasteiger partial charge on any atom is -0.325 e. The van der Waals surface area contributed by atoms with Crippen molar-refractivity contribution in [2.24, 2.45) is 0 Å². The Morgan fingerprint density at radius 3 is 2.76 bits per heavy atom. The van der Waals surface area contributed by atoms with Crippen LogP contribution in [0.1, 0.15) is 19.5 Å². The molecule has 2 N–H and O–H groups in total. The molecule has 0 aliphatic carbocycles. The number of carbonyl (C=O) groups is 1. The summed E-state index contributed by atoms with van der Waals surface area (Å²) in [6.45, 7) is 3.64. The maximum absolute atomic E-state index is 13.2. The van der Waals surface area contributed by atoms with Crippen LogP contribution in [0.15, 0.2) is 34.2 Å². The average Bonchev–Trinajstić information content (AvgIpc) is 2.55. The molecule has 2 aromatic rings. The van der Waals surface area contributed by atoms with E-state index in [0.717, 1.165) is 29.6 Å². The highest BCUT2D eigenvalue weighted by atomic mass is 32.2. The largest absolute Gasteiger partial charge is 0.325 e. The lowest BCUT2D eigenvalue weighted by atomic mass is 10.3. The van der Waals surface area contributed by atoms with Crippen LogP contribution in [0.5, 0.6) is 0 Å². The van der Waals surface area contributed by atoms with Crippen LogP contribution >= 0.6 is 23.5 Å². The van der Waals surface area contributed by atoms with Crippen molar-refractivity contribution in [3.63, 3.8) is 0 Å². The molecule has 1 atom stereocenters. The summed E-state index contributed by atoms with van der Waals surface area (Å²) in [5.74, 6) is -0.908. The molecule has 0 aliphatic rings. The van der Waals surface area contributed by atoms with Crippen molar-refractivity contribution < 1.29 is 13.6 Å². The SMILES string of the molecule is CCSCc1cc(=O)[nH]c(SC(C)C(=O)Nc2ccc(F)c(F)c2)n1. The average molecular weight is 385 g/mol. The molecule has 1 aromatic carbocycles. The van der Waals surface area contributed by atoms with Gasteiger partial charge in [-0.25, -0.2) is 13.8 Å². The van der Waals surface area contributed by atoms with Crippen LogP contribution in [0.3, 0.4) is 0 Å². The Morgan fingerprint density at radius 2 is 2.08 bits per heavy atom. The number of carbonyl (C=O) groups excluding carboxylic acids is 1. The van der Waals surface area contributed by atoms with Crippen LogP contribution in [0.25, 0.3) is 0 Å². The summed E-state index contributed by atoms with van der Waals surface area (Å²) >= 11 is 2.72. The normalized spacial score (nSPS) is 12.0. The Bertz CT molecular complexity index is 814. The summed E-state index contributed by atoms with van der Waals surface area (Å²) in [5.41, 5.74) is 0.523. The van der Waals surface area contributed by atoms with Gasteiger partial charge in [0.25, 0.3) is 5.56 Å². The first-order valence-electron chi connectivity index (χ1n) is 7.49. The molecule has 25 heavy (non-hydrogen) atoms. The van der Waals surface area contributed by atoms with Gasteiger partial charge in [-0.05, 0) is 24.8 Å². The Morgan fingerprint density at radius 1 is 1.32 bits per heavy atom. The highest BCUT2D eigenvalue weighted by Crippen LogP contribution is 2.21. The van der Waals surface area contributed by atoms with Crippen LogP contribution in [-0.4, -0.2) is 26.9 Å². The van der Waals surface area contributed by atoms with Crippen molar-refractivity contribution in [2.45, 2.75) is 30.0 Å². The van der Waals surface area contributed by atoms with Gasteiger partial charge in [0, 0.05) is 23.6 Å².